The van der Waals surface area contributed by atoms with Crippen LogP contribution in [0, 0.1) is 0 Å². The molecule has 25 heavy (non-hydrogen) atoms. The number of amides is 1. The number of methoxy groups -OCH3 is 1. The van der Waals surface area contributed by atoms with Crippen molar-refractivity contribution in [2.45, 2.75) is 19.4 Å². The number of carbonyl (C=O) groups excluding carboxylic acids is 1. The first-order valence-electron chi connectivity index (χ1n) is 8.27. The van der Waals surface area contributed by atoms with Gasteiger partial charge in [-0.15, -0.1) is 0 Å². The van der Waals surface area contributed by atoms with E-state index in [-0.39, 0.29) is 5.91 Å². The molecule has 4 heteroatoms. The highest BCUT2D eigenvalue weighted by Gasteiger charge is 2.17. The van der Waals surface area contributed by atoms with E-state index < -0.39 is 0 Å². The minimum absolute atomic E-state index is 0.0606. The van der Waals surface area contributed by atoms with Crippen molar-refractivity contribution >= 4 is 11.6 Å². The van der Waals surface area contributed by atoms with Crippen LogP contribution in [0.3, 0.4) is 0 Å². The summed E-state index contributed by atoms with van der Waals surface area (Å²) < 4.78 is 10.5. The third-order valence-corrected chi connectivity index (χ3v) is 4.03. The Morgan fingerprint density at radius 3 is 2.40 bits per heavy atom. The second-order valence-electron chi connectivity index (χ2n) is 5.74. The maximum atomic E-state index is 12.9. The van der Waals surface area contributed by atoms with Gasteiger partial charge in [0, 0.05) is 18.5 Å². The summed E-state index contributed by atoms with van der Waals surface area (Å²) in [7, 11) is 1.63. The fraction of sp³-hybridized carbons (Fsp3) is 0.190. The fourth-order valence-electron chi connectivity index (χ4n) is 2.67. The molecule has 0 atom stereocenters. The molecule has 0 spiro atoms. The lowest BCUT2D eigenvalue weighted by Gasteiger charge is -2.23. The zero-order valence-electron chi connectivity index (χ0n) is 14.2. The van der Waals surface area contributed by atoms with Gasteiger partial charge in [0.2, 0.25) is 5.91 Å². The van der Waals surface area contributed by atoms with Crippen LogP contribution in [0.25, 0.3) is 0 Å². The highest BCUT2D eigenvalue weighted by atomic mass is 16.5. The van der Waals surface area contributed by atoms with E-state index in [0.29, 0.717) is 19.4 Å². The summed E-state index contributed by atoms with van der Waals surface area (Å²) in [5.41, 5.74) is 1.94. The first-order chi connectivity index (χ1) is 12.3. The molecule has 0 aliphatic rings. The second-order valence-corrected chi connectivity index (χ2v) is 5.74. The van der Waals surface area contributed by atoms with E-state index in [1.165, 1.54) is 0 Å². The van der Waals surface area contributed by atoms with Gasteiger partial charge in [-0.25, -0.2) is 0 Å². The van der Waals surface area contributed by atoms with Crippen molar-refractivity contribution in [3.63, 3.8) is 0 Å². The number of hydrogen-bond acceptors (Lipinski definition) is 3. The molecular formula is C21H21NO3. The fourth-order valence-corrected chi connectivity index (χ4v) is 2.67. The third-order valence-electron chi connectivity index (χ3n) is 4.03. The summed E-state index contributed by atoms with van der Waals surface area (Å²) in [6.45, 7) is 0.532. The predicted molar refractivity (Wildman–Crippen MR) is 97.7 cm³/mol. The molecule has 128 valence electrons. The number of hydrogen-bond donors (Lipinski definition) is 0. The lowest BCUT2D eigenvalue weighted by Crippen LogP contribution is -2.30. The van der Waals surface area contributed by atoms with Crippen molar-refractivity contribution in [2.75, 3.05) is 12.0 Å². The van der Waals surface area contributed by atoms with Gasteiger partial charge < -0.3 is 14.1 Å². The van der Waals surface area contributed by atoms with Crippen LogP contribution in [0.4, 0.5) is 5.69 Å². The second kappa shape index (κ2) is 8.20. The maximum absolute atomic E-state index is 12.9. The van der Waals surface area contributed by atoms with Crippen LogP contribution in [-0.2, 0) is 17.8 Å². The van der Waals surface area contributed by atoms with Crippen LogP contribution in [0.2, 0.25) is 0 Å². The Labute approximate surface area is 147 Å². The van der Waals surface area contributed by atoms with Gasteiger partial charge in [-0.3, -0.25) is 4.79 Å². The van der Waals surface area contributed by atoms with Crippen LogP contribution < -0.4 is 9.64 Å². The highest BCUT2D eigenvalue weighted by Crippen LogP contribution is 2.22. The molecule has 0 saturated heterocycles. The van der Waals surface area contributed by atoms with Gasteiger partial charge in [-0.1, -0.05) is 30.3 Å². The van der Waals surface area contributed by atoms with Crippen molar-refractivity contribution in [1.29, 1.82) is 0 Å². The Balaban J connectivity index is 1.78. The monoisotopic (exact) mass is 335 g/mol. The van der Waals surface area contributed by atoms with Gasteiger partial charge in [0.1, 0.15) is 11.5 Å². The first kappa shape index (κ1) is 16.8. The number of nitrogens with zero attached hydrogens (tertiary/aromatic N) is 1. The zero-order valence-corrected chi connectivity index (χ0v) is 14.2. The molecule has 0 N–H and O–H groups in total. The molecule has 1 heterocycles. The molecule has 0 fully saturated rings. The van der Waals surface area contributed by atoms with E-state index in [9.17, 15) is 4.79 Å². The van der Waals surface area contributed by atoms with Crippen molar-refractivity contribution in [3.8, 4) is 5.75 Å². The molecule has 2 aromatic carbocycles. The van der Waals surface area contributed by atoms with E-state index in [1.807, 2.05) is 66.7 Å². The number of rotatable bonds is 7. The molecule has 0 aliphatic carbocycles. The Morgan fingerprint density at radius 1 is 1.00 bits per heavy atom. The lowest BCUT2D eigenvalue weighted by atomic mass is 10.1. The molecule has 3 aromatic rings. The van der Waals surface area contributed by atoms with E-state index in [4.69, 9.17) is 9.15 Å². The largest absolute Gasteiger partial charge is 0.497 e. The molecule has 0 radical (unpaired) electrons. The Kier molecular flexibility index (Phi) is 5.52. The number of aryl methyl sites for hydroxylation is 1. The van der Waals surface area contributed by atoms with E-state index >= 15 is 0 Å². The van der Waals surface area contributed by atoms with Crippen molar-refractivity contribution < 1.29 is 13.9 Å². The van der Waals surface area contributed by atoms with Crippen LogP contribution in [0.1, 0.15) is 17.7 Å². The number of furan rings is 1. The predicted octanol–water partition coefficient (Wildman–Crippen LogP) is 4.45. The molecule has 0 unspecified atom stereocenters. The smallest absolute Gasteiger partial charge is 0.227 e. The third kappa shape index (κ3) is 4.51. The Morgan fingerprint density at radius 2 is 1.76 bits per heavy atom. The normalized spacial score (nSPS) is 10.4. The number of anilines is 1. The van der Waals surface area contributed by atoms with E-state index in [1.54, 1.807) is 18.3 Å². The van der Waals surface area contributed by atoms with Gasteiger partial charge in [0.05, 0.1) is 19.9 Å². The molecule has 0 aliphatic heterocycles. The highest BCUT2D eigenvalue weighted by molar-refractivity contribution is 5.93. The Hall–Kier alpha value is -3.01. The minimum atomic E-state index is 0.0606. The van der Waals surface area contributed by atoms with Crippen molar-refractivity contribution in [3.05, 3.63) is 84.3 Å². The van der Waals surface area contributed by atoms with Crippen LogP contribution in [0.15, 0.2) is 77.4 Å². The zero-order chi connectivity index (χ0) is 17.5. The summed E-state index contributed by atoms with van der Waals surface area (Å²) in [5.74, 6) is 1.65. The maximum Gasteiger partial charge on any atom is 0.227 e. The molecule has 0 bridgehead atoms. The molecule has 4 nitrogen and oxygen atoms in total. The summed E-state index contributed by atoms with van der Waals surface area (Å²) in [5, 5.41) is 0. The Bertz CT molecular complexity index is 780. The summed E-state index contributed by atoms with van der Waals surface area (Å²) in [6, 6.07) is 21.3. The molecule has 1 amide bonds. The molecular weight excluding hydrogens is 314 g/mol. The van der Waals surface area contributed by atoms with Crippen LogP contribution >= 0.6 is 0 Å². The molecule has 1 aromatic heterocycles. The molecule has 3 rings (SSSR count). The minimum Gasteiger partial charge on any atom is -0.497 e. The van der Waals surface area contributed by atoms with Gasteiger partial charge in [-0.05, 0) is 42.0 Å². The van der Waals surface area contributed by atoms with Crippen LogP contribution in [0.5, 0.6) is 5.75 Å². The molecule has 0 saturated carbocycles. The quantitative estimate of drug-likeness (QED) is 0.640. The standard InChI is InChI=1S/C21H21NO3/c1-24-19-11-9-18(10-12-19)22(16-17-6-3-2-4-7-17)21(23)14-13-20-8-5-15-25-20/h2-12,15H,13-14,16H2,1H3. The van der Waals surface area contributed by atoms with E-state index in [0.717, 1.165) is 22.8 Å². The summed E-state index contributed by atoms with van der Waals surface area (Å²) >= 11 is 0. The number of carbonyl (C=O) groups is 1. The van der Waals surface area contributed by atoms with Crippen LogP contribution in [-0.4, -0.2) is 13.0 Å². The SMILES string of the molecule is COc1ccc(N(Cc2ccccc2)C(=O)CCc2ccco2)cc1. The lowest BCUT2D eigenvalue weighted by molar-refractivity contribution is -0.118. The average molecular weight is 335 g/mol. The van der Waals surface area contributed by atoms with Gasteiger partial charge >= 0.3 is 0 Å². The average Bonchev–Trinajstić information content (AvgIpc) is 3.19. The van der Waals surface area contributed by atoms with E-state index in [2.05, 4.69) is 0 Å². The summed E-state index contributed by atoms with van der Waals surface area (Å²) in [4.78, 5) is 14.7. The number of ether oxygens (including phenoxy) is 1. The number of benzene rings is 2. The van der Waals surface area contributed by atoms with Gasteiger partial charge in [0.15, 0.2) is 0 Å². The van der Waals surface area contributed by atoms with Crippen molar-refractivity contribution in [2.24, 2.45) is 0 Å². The first-order valence-corrected chi connectivity index (χ1v) is 8.27. The van der Waals surface area contributed by atoms with Gasteiger partial charge in [0.25, 0.3) is 0 Å². The van der Waals surface area contributed by atoms with Crippen molar-refractivity contribution in [1.82, 2.24) is 0 Å². The van der Waals surface area contributed by atoms with Gasteiger partial charge in [-0.2, -0.15) is 0 Å². The topological polar surface area (TPSA) is 42.7 Å². The summed E-state index contributed by atoms with van der Waals surface area (Å²) in [6.07, 6.45) is 2.62.